The Balaban J connectivity index is 0.000000153. The van der Waals surface area contributed by atoms with Crippen LogP contribution in [0.4, 0.5) is 0 Å². The van der Waals surface area contributed by atoms with Gasteiger partial charge in [-0.25, -0.2) is 9.97 Å². The number of fused-ring (bicyclic) bond motifs is 4. The summed E-state index contributed by atoms with van der Waals surface area (Å²) in [5.41, 5.74) is 7.38. The predicted molar refractivity (Wildman–Crippen MR) is 215 cm³/mol. The summed E-state index contributed by atoms with van der Waals surface area (Å²) >= 11 is 12.8. The molecule has 2 atom stereocenters. The predicted octanol–water partition coefficient (Wildman–Crippen LogP) is 5.66. The van der Waals surface area contributed by atoms with Gasteiger partial charge in [0.1, 0.15) is 22.8 Å². The van der Waals surface area contributed by atoms with Crippen molar-refractivity contribution in [3.05, 3.63) is 94.5 Å². The summed E-state index contributed by atoms with van der Waals surface area (Å²) in [6, 6.07) is 15.5. The maximum atomic E-state index is 12.9. The number of hydrogen-bond acceptors (Lipinski definition) is 8. The van der Waals surface area contributed by atoms with Gasteiger partial charge >= 0.3 is 0 Å². The number of aromatic amines is 2. The second-order valence-corrected chi connectivity index (χ2v) is 14.7. The number of nitrogens with one attached hydrogen (secondary N) is 4. The molecule has 8 heterocycles. The third-order valence-electron chi connectivity index (χ3n) is 10.5. The van der Waals surface area contributed by atoms with Gasteiger partial charge in [0.25, 0.3) is 11.8 Å². The molecule has 4 aromatic heterocycles. The molecular weight excluding hydrogens is 763 g/mol. The van der Waals surface area contributed by atoms with Crippen LogP contribution < -0.4 is 20.1 Å². The number of ether oxygens (including phenoxy) is 2. The number of hydrogen-bond donors (Lipinski definition) is 4. The van der Waals surface area contributed by atoms with Gasteiger partial charge in [-0.1, -0.05) is 23.2 Å². The highest BCUT2D eigenvalue weighted by atomic mass is 35.5. The van der Waals surface area contributed by atoms with E-state index >= 15 is 0 Å². The second kappa shape index (κ2) is 15.7. The van der Waals surface area contributed by atoms with Gasteiger partial charge < -0.3 is 39.9 Å². The summed E-state index contributed by atoms with van der Waals surface area (Å²) in [5.74, 6) is 1.61. The molecule has 55 heavy (non-hydrogen) atoms. The van der Waals surface area contributed by atoms with Crippen LogP contribution in [0.1, 0.15) is 11.1 Å². The first-order valence-electron chi connectivity index (χ1n) is 18.2. The topological polar surface area (TPSA) is 140 Å². The van der Waals surface area contributed by atoms with E-state index in [1.54, 1.807) is 12.4 Å². The van der Waals surface area contributed by atoms with Crippen molar-refractivity contribution in [2.24, 2.45) is 0 Å². The number of pyridine rings is 2. The zero-order chi connectivity index (χ0) is 36.8. The fourth-order valence-electron chi connectivity index (χ4n) is 7.89. The molecule has 2 saturated heterocycles. The van der Waals surface area contributed by atoms with E-state index in [4.69, 9.17) is 32.7 Å². The Bertz CT molecular complexity index is 2220. The minimum absolute atomic E-state index is 0. The monoisotopic (exact) mass is 800 g/mol. The molecule has 2 fully saturated rings. The maximum Gasteiger partial charge on any atom is 0.264 e. The highest BCUT2D eigenvalue weighted by molar-refractivity contribution is 6.31. The number of nitrogens with zero attached hydrogens (tertiary/aromatic N) is 4. The van der Waals surface area contributed by atoms with E-state index in [-0.39, 0.29) is 24.2 Å². The normalized spacial score (nSPS) is 18.8. The SMILES string of the molecule is Cl.O=C(C1Cc2cc(Cl)cc(-c3ccnc4[nH]ccc34)c2O1)N1CCNCC1.O=C(C1Cc2cc(Cl)cc(-c3ccnc4[nH]ccc34)c2O1)N1CCNCC1. The van der Waals surface area contributed by atoms with Crippen molar-refractivity contribution in [2.45, 2.75) is 25.0 Å². The fourth-order valence-corrected chi connectivity index (χ4v) is 8.38. The molecule has 4 aliphatic heterocycles. The lowest BCUT2D eigenvalue weighted by Crippen LogP contribution is -2.50. The number of rotatable bonds is 4. The van der Waals surface area contributed by atoms with Crippen LogP contribution in [0.15, 0.2) is 73.3 Å². The Morgan fingerprint density at radius 1 is 0.618 bits per heavy atom. The molecule has 4 aliphatic rings. The van der Waals surface area contributed by atoms with Crippen molar-refractivity contribution in [1.82, 2.24) is 40.4 Å². The average Bonchev–Trinajstić information content (AvgIpc) is 4.03. The summed E-state index contributed by atoms with van der Waals surface area (Å²) in [4.78, 5) is 44.5. The summed E-state index contributed by atoms with van der Waals surface area (Å²) in [5, 5.41) is 9.83. The van der Waals surface area contributed by atoms with Crippen molar-refractivity contribution in [1.29, 1.82) is 0 Å². The van der Waals surface area contributed by atoms with E-state index in [2.05, 4.69) is 30.6 Å². The van der Waals surface area contributed by atoms with Gasteiger partial charge in [-0.2, -0.15) is 0 Å². The molecule has 2 amide bonds. The van der Waals surface area contributed by atoms with Crippen LogP contribution in [-0.4, -0.2) is 106 Å². The number of halogens is 3. The van der Waals surface area contributed by atoms with Gasteiger partial charge in [0.2, 0.25) is 0 Å². The van der Waals surface area contributed by atoms with E-state index in [1.807, 2.05) is 70.7 Å². The molecule has 15 heteroatoms. The third kappa shape index (κ3) is 7.20. The van der Waals surface area contributed by atoms with Gasteiger partial charge in [-0.05, 0) is 59.7 Å². The van der Waals surface area contributed by atoms with E-state index in [0.717, 1.165) is 119 Å². The molecule has 2 unspecified atom stereocenters. The summed E-state index contributed by atoms with van der Waals surface area (Å²) < 4.78 is 12.4. The second-order valence-electron chi connectivity index (χ2n) is 13.9. The molecular formula is C40H39Cl3N8O4. The van der Waals surface area contributed by atoms with E-state index in [0.29, 0.717) is 22.9 Å². The zero-order valence-electron chi connectivity index (χ0n) is 29.7. The molecule has 0 bridgehead atoms. The molecule has 0 spiro atoms. The molecule has 6 aromatic rings. The van der Waals surface area contributed by atoms with Crippen LogP contribution in [0, 0.1) is 0 Å². The van der Waals surface area contributed by atoms with Crippen LogP contribution >= 0.6 is 35.6 Å². The van der Waals surface area contributed by atoms with Crippen LogP contribution in [-0.2, 0) is 22.4 Å². The molecule has 284 valence electrons. The quantitative estimate of drug-likeness (QED) is 0.179. The Labute approximate surface area is 333 Å². The number of benzene rings is 2. The van der Waals surface area contributed by atoms with E-state index in [1.165, 1.54) is 0 Å². The van der Waals surface area contributed by atoms with Crippen LogP contribution in [0.25, 0.3) is 44.3 Å². The largest absolute Gasteiger partial charge is 0.479 e. The van der Waals surface area contributed by atoms with Gasteiger partial charge in [-0.3, -0.25) is 9.59 Å². The highest BCUT2D eigenvalue weighted by Crippen LogP contribution is 2.44. The lowest BCUT2D eigenvalue weighted by Gasteiger charge is -2.29. The van der Waals surface area contributed by atoms with E-state index < -0.39 is 12.2 Å². The molecule has 0 saturated carbocycles. The molecule has 12 nitrogen and oxygen atoms in total. The first kappa shape index (κ1) is 37.1. The van der Waals surface area contributed by atoms with Crippen LogP contribution in [0.2, 0.25) is 10.0 Å². The number of piperazine rings is 2. The zero-order valence-corrected chi connectivity index (χ0v) is 32.1. The Morgan fingerprint density at radius 2 is 1.04 bits per heavy atom. The lowest BCUT2D eigenvalue weighted by atomic mass is 9.99. The van der Waals surface area contributed by atoms with Gasteiger partial charge in [-0.15, -0.1) is 12.4 Å². The number of amides is 2. The molecule has 4 N–H and O–H groups in total. The summed E-state index contributed by atoms with van der Waals surface area (Å²) in [7, 11) is 0. The van der Waals surface area contributed by atoms with Crippen molar-refractivity contribution >= 4 is 69.5 Å². The van der Waals surface area contributed by atoms with Gasteiger partial charge in [0.05, 0.1) is 0 Å². The average molecular weight is 802 g/mol. The lowest BCUT2D eigenvalue weighted by molar-refractivity contribution is -0.139. The standard InChI is InChI=1S/2C20H19ClN4O2.ClH/c2*21-13-9-12-10-17(20(26)25-7-5-22-6-8-25)27-18(12)16(11-13)14-1-3-23-19-15(14)2-4-24-19;/h2*1-4,9,11,17,22H,5-8,10H2,(H,23,24);1H. The molecule has 0 radical (unpaired) electrons. The minimum Gasteiger partial charge on any atom is -0.479 e. The minimum atomic E-state index is -0.487. The number of carbonyl (C=O) groups is 2. The van der Waals surface area contributed by atoms with Crippen LogP contribution in [0.5, 0.6) is 11.5 Å². The first-order valence-corrected chi connectivity index (χ1v) is 19.0. The summed E-state index contributed by atoms with van der Waals surface area (Å²) in [6.45, 7) is 6.17. The van der Waals surface area contributed by atoms with Crippen molar-refractivity contribution in [2.75, 3.05) is 52.4 Å². The Kier molecular flexibility index (Phi) is 10.6. The Morgan fingerprint density at radius 3 is 1.45 bits per heavy atom. The molecule has 0 aliphatic carbocycles. The van der Waals surface area contributed by atoms with Crippen molar-refractivity contribution in [3.63, 3.8) is 0 Å². The smallest absolute Gasteiger partial charge is 0.264 e. The van der Waals surface area contributed by atoms with Crippen LogP contribution in [0.3, 0.4) is 0 Å². The van der Waals surface area contributed by atoms with E-state index in [9.17, 15) is 9.59 Å². The molecule has 10 rings (SSSR count). The maximum absolute atomic E-state index is 12.9. The first-order chi connectivity index (χ1) is 26.4. The van der Waals surface area contributed by atoms with Crippen molar-refractivity contribution in [3.8, 4) is 33.8 Å². The number of H-pyrrole nitrogens is 2. The number of carbonyl (C=O) groups excluding carboxylic acids is 2. The summed E-state index contributed by atoms with van der Waals surface area (Å²) in [6.07, 6.45) is 7.38. The fraction of sp³-hybridized carbons (Fsp3) is 0.300. The van der Waals surface area contributed by atoms with Gasteiger partial charge in [0.15, 0.2) is 12.2 Å². The highest BCUT2D eigenvalue weighted by Gasteiger charge is 2.36. The Hall–Kier alpha value is -4.85. The third-order valence-corrected chi connectivity index (χ3v) is 10.9. The van der Waals surface area contributed by atoms with Gasteiger partial charge in [0, 0.05) is 133 Å². The number of aromatic nitrogens is 4. The molecule has 2 aromatic carbocycles. The van der Waals surface area contributed by atoms with Crippen molar-refractivity contribution < 1.29 is 19.1 Å².